The summed E-state index contributed by atoms with van der Waals surface area (Å²) < 4.78 is 27.9. The number of nitrogens with zero attached hydrogens (tertiary/aromatic N) is 1. The van der Waals surface area contributed by atoms with Gasteiger partial charge in [-0.3, -0.25) is 0 Å². The molecule has 6 heteroatoms. The lowest BCUT2D eigenvalue weighted by Gasteiger charge is -2.38. The average molecular weight is 306 g/mol. The monoisotopic (exact) mass is 306 g/mol. The largest absolute Gasteiger partial charge is 0.384 e. The number of aliphatic hydroxyl groups excluding tert-OH is 1. The van der Waals surface area contributed by atoms with Gasteiger partial charge in [-0.1, -0.05) is 33.6 Å². The molecule has 1 atom stereocenters. The number of rotatable bonds is 1. The molecule has 1 unspecified atom stereocenters. The lowest BCUT2D eigenvalue weighted by atomic mass is 9.90. The molecule has 2 rings (SSSR count). The molecule has 2 N–H and O–H groups in total. The highest BCUT2D eigenvalue weighted by Gasteiger charge is 2.64. The van der Waals surface area contributed by atoms with Gasteiger partial charge in [0.15, 0.2) is 5.11 Å². The summed E-state index contributed by atoms with van der Waals surface area (Å²) >= 11 is 5.32. The van der Waals surface area contributed by atoms with Crippen LogP contribution in [0, 0.1) is 5.41 Å². The molecule has 1 aliphatic heterocycles. The molecule has 1 aliphatic carbocycles. The molecule has 1 heterocycles. The van der Waals surface area contributed by atoms with Crippen molar-refractivity contribution in [3.8, 4) is 0 Å². The van der Waals surface area contributed by atoms with E-state index in [1.165, 1.54) is 0 Å². The Bertz CT molecular complexity index is 389. The first kappa shape index (κ1) is 15.9. The van der Waals surface area contributed by atoms with Gasteiger partial charge in [-0.2, -0.15) is 0 Å². The molecule has 0 radical (unpaired) electrons. The number of thiocarbonyl (C=S) groups is 1. The summed E-state index contributed by atoms with van der Waals surface area (Å²) in [6.07, 6.45) is 1.28. The van der Waals surface area contributed by atoms with E-state index < -0.39 is 24.1 Å². The Hall–Kier alpha value is -0.490. The van der Waals surface area contributed by atoms with Crippen LogP contribution in [0.25, 0.3) is 0 Å². The molecule has 116 valence electrons. The highest BCUT2D eigenvalue weighted by Crippen LogP contribution is 2.48. The number of aliphatic hydroxyl groups is 1. The van der Waals surface area contributed by atoms with Crippen molar-refractivity contribution in [1.29, 1.82) is 0 Å². The maximum atomic E-state index is 13.9. The fourth-order valence-electron chi connectivity index (χ4n) is 3.24. The van der Waals surface area contributed by atoms with Crippen LogP contribution in [0.1, 0.15) is 46.5 Å². The highest BCUT2D eigenvalue weighted by atomic mass is 32.1. The van der Waals surface area contributed by atoms with Crippen LogP contribution >= 0.6 is 12.2 Å². The first-order valence-corrected chi connectivity index (χ1v) is 7.61. The molecular weight excluding hydrogens is 282 g/mol. The van der Waals surface area contributed by atoms with E-state index in [2.05, 4.69) is 26.1 Å². The van der Waals surface area contributed by atoms with E-state index in [0.717, 1.165) is 12.8 Å². The predicted octanol–water partition coefficient (Wildman–Crippen LogP) is 2.53. The summed E-state index contributed by atoms with van der Waals surface area (Å²) in [5.41, 5.74) is -0.848. The number of alkyl halides is 2. The van der Waals surface area contributed by atoms with Crippen LogP contribution in [-0.2, 0) is 0 Å². The Morgan fingerprint density at radius 2 is 1.90 bits per heavy atom. The summed E-state index contributed by atoms with van der Waals surface area (Å²) in [5.74, 6) is -3.09. The van der Waals surface area contributed by atoms with Gasteiger partial charge in [0, 0.05) is 6.54 Å². The van der Waals surface area contributed by atoms with E-state index in [4.69, 9.17) is 12.2 Å². The summed E-state index contributed by atoms with van der Waals surface area (Å²) in [7, 11) is 0. The Morgan fingerprint density at radius 1 is 1.35 bits per heavy atom. The molecule has 1 saturated carbocycles. The van der Waals surface area contributed by atoms with Crippen LogP contribution in [0.2, 0.25) is 0 Å². The van der Waals surface area contributed by atoms with Crippen molar-refractivity contribution in [3.63, 3.8) is 0 Å². The molecule has 1 spiro atoms. The number of nitrogens with one attached hydrogen (secondary N) is 1. The smallest absolute Gasteiger partial charge is 0.292 e. The number of halogens is 2. The summed E-state index contributed by atoms with van der Waals surface area (Å²) in [5, 5.41) is 13.5. The van der Waals surface area contributed by atoms with Crippen molar-refractivity contribution in [2.24, 2.45) is 5.41 Å². The van der Waals surface area contributed by atoms with Gasteiger partial charge in [0.05, 0.1) is 12.1 Å². The minimum atomic E-state index is -3.09. The Kier molecular flexibility index (Phi) is 4.02. The molecule has 0 aromatic carbocycles. The maximum absolute atomic E-state index is 13.9. The summed E-state index contributed by atoms with van der Waals surface area (Å²) in [6.45, 7) is 6.31. The fraction of sp³-hybridized carbons (Fsp3) is 0.929. The molecule has 2 aliphatic rings. The van der Waals surface area contributed by atoms with E-state index in [-0.39, 0.29) is 5.41 Å². The van der Waals surface area contributed by atoms with Crippen LogP contribution in [0.15, 0.2) is 0 Å². The molecule has 0 aromatic heterocycles. The van der Waals surface area contributed by atoms with Crippen molar-refractivity contribution in [2.45, 2.75) is 64.0 Å². The minimum Gasteiger partial charge on any atom is -0.384 e. The average Bonchev–Trinajstić information content (AvgIpc) is 2.87. The lowest BCUT2D eigenvalue weighted by molar-refractivity contribution is -0.0957. The SMILES string of the molecule is CC(C)(C)CNC(=S)N1CC(F)(F)C(O)C12CCCC2. The predicted molar refractivity (Wildman–Crippen MR) is 78.9 cm³/mol. The van der Waals surface area contributed by atoms with Gasteiger partial charge in [0.25, 0.3) is 5.92 Å². The molecule has 20 heavy (non-hydrogen) atoms. The molecule has 3 nitrogen and oxygen atoms in total. The van der Waals surface area contributed by atoms with Crippen LogP contribution in [-0.4, -0.2) is 45.8 Å². The lowest BCUT2D eigenvalue weighted by Crippen LogP contribution is -2.55. The zero-order chi connectivity index (χ0) is 15.2. The van der Waals surface area contributed by atoms with Gasteiger partial charge < -0.3 is 15.3 Å². The summed E-state index contributed by atoms with van der Waals surface area (Å²) in [6, 6.07) is 0. The first-order chi connectivity index (χ1) is 9.08. The van der Waals surface area contributed by atoms with Crippen LogP contribution in [0.3, 0.4) is 0 Å². The molecular formula is C14H24F2N2OS. The molecule has 2 fully saturated rings. The van der Waals surface area contributed by atoms with Crippen molar-refractivity contribution >= 4 is 17.3 Å². The molecule has 0 aromatic rings. The van der Waals surface area contributed by atoms with E-state index in [1.54, 1.807) is 4.90 Å². The Morgan fingerprint density at radius 3 is 2.40 bits per heavy atom. The van der Waals surface area contributed by atoms with Crippen LogP contribution in [0.5, 0.6) is 0 Å². The number of likely N-dealkylation sites (tertiary alicyclic amines) is 1. The zero-order valence-corrected chi connectivity index (χ0v) is 13.2. The third kappa shape index (κ3) is 2.77. The van der Waals surface area contributed by atoms with Gasteiger partial charge in [-0.25, -0.2) is 8.78 Å². The Labute approximate surface area is 124 Å². The normalized spacial score (nSPS) is 28.1. The van der Waals surface area contributed by atoms with Crippen LogP contribution < -0.4 is 5.32 Å². The van der Waals surface area contributed by atoms with Gasteiger partial charge >= 0.3 is 0 Å². The van der Waals surface area contributed by atoms with Crippen molar-refractivity contribution in [3.05, 3.63) is 0 Å². The van der Waals surface area contributed by atoms with Gasteiger partial charge in [-0.05, 0) is 30.5 Å². The molecule has 0 amide bonds. The van der Waals surface area contributed by atoms with Gasteiger partial charge in [0.2, 0.25) is 0 Å². The Balaban J connectivity index is 2.15. The molecule has 1 saturated heterocycles. The van der Waals surface area contributed by atoms with Crippen LogP contribution in [0.4, 0.5) is 8.78 Å². The minimum absolute atomic E-state index is 0.0216. The van der Waals surface area contributed by atoms with Crippen molar-refractivity contribution in [1.82, 2.24) is 10.2 Å². The van der Waals surface area contributed by atoms with E-state index in [0.29, 0.717) is 24.5 Å². The first-order valence-electron chi connectivity index (χ1n) is 7.20. The molecule has 0 bridgehead atoms. The second-order valence-electron chi connectivity index (χ2n) is 7.28. The summed E-state index contributed by atoms with van der Waals surface area (Å²) in [4.78, 5) is 1.55. The fourth-order valence-corrected chi connectivity index (χ4v) is 3.55. The van der Waals surface area contributed by atoms with Crippen molar-refractivity contribution < 1.29 is 13.9 Å². The van der Waals surface area contributed by atoms with Crippen molar-refractivity contribution in [2.75, 3.05) is 13.1 Å². The third-order valence-electron chi connectivity index (χ3n) is 4.30. The topological polar surface area (TPSA) is 35.5 Å². The third-order valence-corrected chi connectivity index (χ3v) is 4.66. The zero-order valence-electron chi connectivity index (χ0n) is 12.4. The number of hydrogen-bond donors (Lipinski definition) is 2. The number of hydrogen-bond acceptors (Lipinski definition) is 2. The van der Waals surface area contributed by atoms with Gasteiger partial charge in [0.1, 0.15) is 6.10 Å². The maximum Gasteiger partial charge on any atom is 0.292 e. The van der Waals surface area contributed by atoms with E-state index in [1.807, 2.05) is 0 Å². The highest BCUT2D eigenvalue weighted by molar-refractivity contribution is 7.80. The van der Waals surface area contributed by atoms with Gasteiger partial charge in [-0.15, -0.1) is 0 Å². The standard InChI is InChI=1S/C14H24F2N2OS/c1-12(2,3)8-17-11(20)18-9-14(15,16)10(19)13(18)6-4-5-7-13/h10,19H,4-9H2,1-3H3,(H,17,20). The van der Waals surface area contributed by atoms with E-state index >= 15 is 0 Å². The second kappa shape index (κ2) is 5.05. The quantitative estimate of drug-likeness (QED) is 0.730. The second-order valence-corrected chi connectivity index (χ2v) is 7.67. The van der Waals surface area contributed by atoms with E-state index in [9.17, 15) is 13.9 Å².